The maximum absolute atomic E-state index is 5.37. The summed E-state index contributed by atoms with van der Waals surface area (Å²) >= 11 is 1.50. The minimum absolute atomic E-state index is 0.0959. The summed E-state index contributed by atoms with van der Waals surface area (Å²) in [6, 6.07) is 6.27. The van der Waals surface area contributed by atoms with Gasteiger partial charge in [0.1, 0.15) is 16.5 Å². The van der Waals surface area contributed by atoms with Crippen LogP contribution in [0.3, 0.4) is 0 Å². The van der Waals surface area contributed by atoms with E-state index in [4.69, 9.17) is 14.6 Å². The van der Waals surface area contributed by atoms with Crippen molar-refractivity contribution in [1.29, 1.82) is 0 Å². The summed E-state index contributed by atoms with van der Waals surface area (Å²) in [5.74, 6) is 2.94. The van der Waals surface area contributed by atoms with E-state index in [1.807, 2.05) is 22.7 Å². The predicted octanol–water partition coefficient (Wildman–Crippen LogP) is 2.82. The second-order valence-corrected chi connectivity index (χ2v) is 8.12. The highest BCUT2D eigenvalue weighted by Crippen LogP contribution is 2.33. The summed E-state index contributed by atoms with van der Waals surface area (Å²) in [5.41, 5.74) is 7.65. The van der Waals surface area contributed by atoms with Crippen molar-refractivity contribution in [2.45, 2.75) is 38.8 Å². The summed E-state index contributed by atoms with van der Waals surface area (Å²) in [6.45, 7) is 4.47. The van der Waals surface area contributed by atoms with Gasteiger partial charge in [-0.2, -0.15) is 9.61 Å². The quantitative estimate of drug-likeness (QED) is 0.671. The Bertz CT molecular complexity index is 915. The second kappa shape index (κ2) is 7.41. The molecule has 2 atom stereocenters. The molecular weight excluding hydrogens is 364 g/mol. The van der Waals surface area contributed by atoms with E-state index < -0.39 is 0 Å². The molecule has 2 N–H and O–H groups in total. The van der Waals surface area contributed by atoms with Gasteiger partial charge in [-0.15, -0.1) is 10.2 Å². The van der Waals surface area contributed by atoms with Crippen LogP contribution in [0.15, 0.2) is 18.2 Å². The Hall–Kier alpha value is -2.23. The molecule has 0 saturated carbocycles. The van der Waals surface area contributed by atoms with Crippen LogP contribution in [-0.2, 0) is 0 Å². The lowest BCUT2D eigenvalue weighted by Gasteiger charge is -2.11. The zero-order chi connectivity index (χ0) is 19.0. The number of rotatable bonds is 6. The highest BCUT2D eigenvalue weighted by molar-refractivity contribution is 7.19. The van der Waals surface area contributed by atoms with Gasteiger partial charge < -0.3 is 9.47 Å². The van der Waals surface area contributed by atoms with Crippen molar-refractivity contribution in [1.82, 2.24) is 30.7 Å². The Labute approximate surface area is 161 Å². The molecule has 1 aliphatic heterocycles. The van der Waals surface area contributed by atoms with Gasteiger partial charge in [0, 0.05) is 17.7 Å². The first-order chi connectivity index (χ1) is 13.1. The molecule has 4 rings (SSSR count). The monoisotopic (exact) mass is 388 g/mol. The SMILES string of the molecule is COc1cc(OC)cc(-c2nn3c(C4CC(CC(C)C)NN4)nnc3s2)c1. The van der Waals surface area contributed by atoms with Crippen molar-refractivity contribution in [3.05, 3.63) is 24.0 Å². The van der Waals surface area contributed by atoms with Crippen LogP contribution in [0.1, 0.15) is 38.6 Å². The number of methoxy groups -OCH3 is 2. The highest BCUT2D eigenvalue weighted by Gasteiger charge is 2.30. The first-order valence-corrected chi connectivity index (χ1v) is 9.85. The van der Waals surface area contributed by atoms with Crippen LogP contribution in [0.25, 0.3) is 15.5 Å². The first-order valence-electron chi connectivity index (χ1n) is 9.04. The van der Waals surface area contributed by atoms with Gasteiger partial charge in [0.2, 0.25) is 4.96 Å². The molecule has 2 aromatic heterocycles. The number of nitrogens with zero attached hydrogens (tertiary/aromatic N) is 4. The standard InChI is InChI=1S/C18H24N6O2S/c1-10(2)5-12-8-15(20-19-12)16-21-22-18-24(16)23-17(27-18)11-6-13(25-3)9-14(7-11)26-4/h6-7,9-10,12,15,19-20H,5,8H2,1-4H3. The molecular formula is C18H24N6O2S. The first kappa shape index (κ1) is 18.1. The fourth-order valence-corrected chi connectivity index (χ4v) is 4.25. The van der Waals surface area contributed by atoms with E-state index >= 15 is 0 Å². The highest BCUT2D eigenvalue weighted by atomic mass is 32.1. The topological polar surface area (TPSA) is 85.6 Å². The molecule has 8 nitrogen and oxygen atoms in total. The van der Waals surface area contributed by atoms with Crippen molar-refractivity contribution >= 4 is 16.3 Å². The van der Waals surface area contributed by atoms with Crippen LogP contribution in [0.2, 0.25) is 0 Å². The molecule has 1 fully saturated rings. The zero-order valence-electron chi connectivity index (χ0n) is 15.9. The van der Waals surface area contributed by atoms with Crippen LogP contribution in [0.4, 0.5) is 0 Å². The molecule has 0 aliphatic carbocycles. The van der Waals surface area contributed by atoms with Gasteiger partial charge in [0.15, 0.2) is 5.82 Å². The number of hydrogen-bond donors (Lipinski definition) is 2. The van der Waals surface area contributed by atoms with E-state index in [0.29, 0.717) is 12.0 Å². The van der Waals surface area contributed by atoms with Gasteiger partial charge >= 0.3 is 0 Å². The molecule has 1 aliphatic rings. The number of benzene rings is 1. The summed E-state index contributed by atoms with van der Waals surface area (Å²) in [5, 5.41) is 14.3. The van der Waals surface area contributed by atoms with Crippen LogP contribution in [0.5, 0.6) is 11.5 Å². The minimum Gasteiger partial charge on any atom is -0.497 e. The van der Waals surface area contributed by atoms with Gasteiger partial charge in [-0.3, -0.25) is 5.43 Å². The lowest BCUT2D eigenvalue weighted by molar-refractivity contribution is 0.394. The number of hydrazine groups is 1. The lowest BCUT2D eigenvalue weighted by Crippen LogP contribution is -2.32. The van der Waals surface area contributed by atoms with Crippen LogP contribution in [-0.4, -0.2) is 40.1 Å². The van der Waals surface area contributed by atoms with Gasteiger partial charge in [-0.25, -0.2) is 5.43 Å². The molecule has 0 radical (unpaired) electrons. The molecule has 3 heterocycles. The minimum atomic E-state index is 0.0959. The number of fused-ring (bicyclic) bond motifs is 1. The third kappa shape index (κ3) is 3.62. The van der Waals surface area contributed by atoms with Crippen LogP contribution >= 0.6 is 11.3 Å². The molecule has 2 unspecified atom stereocenters. The van der Waals surface area contributed by atoms with E-state index in [0.717, 1.165) is 45.7 Å². The van der Waals surface area contributed by atoms with Crippen LogP contribution < -0.4 is 20.3 Å². The smallest absolute Gasteiger partial charge is 0.235 e. The Balaban J connectivity index is 1.63. The second-order valence-electron chi connectivity index (χ2n) is 7.16. The van der Waals surface area contributed by atoms with Gasteiger partial charge in [0.25, 0.3) is 0 Å². The van der Waals surface area contributed by atoms with E-state index in [9.17, 15) is 0 Å². The van der Waals surface area contributed by atoms with E-state index in [1.165, 1.54) is 11.3 Å². The number of ether oxygens (including phenoxy) is 2. The van der Waals surface area contributed by atoms with E-state index in [1.54, 1.807) is 14.2 Å². The van der Waals surface area contributed by atoms with Gasteiger partial charge in [-0.05, 0) is 30.9 Å². The number of nitrogens with one attached hydrogen (secondary N) is 2. The third-order valence-corrected chi connectivity index (χ3v) is 5.61. The van der Waals surface area contributed by atoms with Crippen molar-refractivity contribution in [3.63, 3.8) is 0 Å². The number of aromatic nitrogens is 4. The van der Waals surface area contributed by atoms with Crippen molar-refractivity contribution in [2.24, 2.45) is 5.92 Å². The van der Waals surface area contributed by atoms with E-state index in [2.05, 4.69) is 34.9 Å². The molecule has 144 valence electrons. The van der Waals surface area contributed by atoms with Crippen molar-refractivity contribution < 1.29 is 9.47 Å². The maximum atomic E-state index is 5.37. The number of hydrogen-bond acceptors (Lipinski definition) is 8. The molecule has 1 saturated heterocycles. The zero-order valence-corrected chi connectivity index (χ0v) is 16.7. The van der Waals surface area contributed by atoms with Crippen molar-refractivity contribution in [3.8, 4) is 22.1 Å². The average Bonchev–Trinajstić information content (AvgIpc) is 3.36. The Morgan fingerprint density at radius 2 is 1.89 bits per heavy atom. The average molecular weight is 388 g/mol. The Kier molecular flexibility index (Phi) is 4.98. The van der Waals surface area contributed by atoms with E-state index in [-0.39, 0.29) is 6.04 Å². The summed E-state index contributed by atoms with van der Waals surface area (Å²) < 4.78 is 12.6. The fraction of sp³-hybridized carbons (Fsp3) is 0.500. The largest absolute Gasteiger partial charge is 0.497 e. The predicted molar refractivity (Wildman–Crippen MR) is 104 cm³/mol. The molecule has 1 aromatic carbocycles. The lowest BCUT2D eigenvalue weighted by atomic mass is 10.00. The summed E-state index contributed by atoms with van der Waals surface area (Å²) in [4.78, 5) is 0.774. The molecule has 9 heteroatoms. The third-order valence-electron chi connectivity index (χ3n) is 4.66. The molecule has 3 aromatic rings. The fourth-order valence-electron chi connectivity index (χ4n) is 3.41. The van der Waals surface area contributed by atoms with Gasteiger partial charge in [0.05, 0.1) is 20.3 Å². The van der Waals surface area contributed by atoms with Gasteiger partial charge in [-0.1, -0.05) is 25.2 Å². The molecule has 0 bridgehead atoms. The summed E-state index contributed by atoms with van der Waals surface area (Å²) in [7, 11) is 3.28. The van der Waals surface area contributed by atoms with Crippen molar-refractivity contribution in [2.75, 3.05) is 14.2 Å². The molecule has 0 amide bonds. The van der Waals surface area contributed by atoms with Crippen LogP contribution in [0, 0.1) is 5.92 Å². The molecule has 27 heavy (non-hydrogen) atoms. The Morgan fingerprint density at radius 3 is 2.56 bits per heavy atom. The maximum Gasteiger partial charge on any atom is 0.235 e. The normalized spacial score (nSPS) is 19.9. The summed E-state index contributed by atoms with van der Waals surface area (Å²) in [6.07, 6.45) is 2.09. The molecule has 0 spiro atoms. The Morgan fingerprint density at radius 1 is 1.15 bits per heavy atom.